The number of aromatic hydroxyl groups is 1. The molecule has 3 rings (SSSR count). The van der Waals surface area contributed by atoms with Crippen LogP contribution in [0.25, 0.3) is 16.8 Å². The molecule has 25 heavy (non-hydrogen) atoms. The van der Waals surface area contributed by atoms with Crippen LogP contribution in [-0.2, 0) is 6.42 Å². The topological polar surface area (TPSA) is 114 Å². The highest BCUT2D eigenvalue weighted by Crippen LogP contribution is 2.29. The van der Waals surface area contributed by atoms with Crippen LogP contribution in [0, 0.1) is 10.1 Å². The molecule has 0 fully saturated rings. The average Bonchev–Trinajstić information content (AvgIpc) is 2.94. The predicted octanol–water partition coefficient (Wildman–Crippen LogP) is 2.41. The molecule has 0 aliphatic rings. The number of hydrogen-bond donors (Lipinski definition) is 2. The molecule has 2 heterocycles. The Hall–Kier alpha value is -3.37. The van der Waals surface area contributed by atoms with Crippen LogP contribution in [0.5, 0.6) is 5.88 Å². The number of benzene rings is 1. The molecule has 0 unspecified atom stereocenters. The highest BCUT2D eigenvalue weighted by molar-refractivity contribution is 5.77. The van der Waals surface area contributed by atoms with Crippen LogP contribution >= 0.6 is 0 Å². The fraction of sp³-hybridized carbons (Fsp3) is 0.143. The van der Waals surface area contributed by atoms with Gasteiger partial charge in [0.25, 0.3) is 11.2 Å². The quantitative estimate of drug-likeness (QED) is 0.554. The molecule has 2 N–H and O–H groups in total. The van der Waals surface area contributed by atoms with E-state index in [1.54, 1.807) is 0 Å². The molecule has 11 heteroatoms. The summed E-state index contributed by atoms with van der Waals surface area (Å²) in [4.78, 5) is 24.3. The van der Waals surface area contributed by atoms with Gasteiger partial charge in [0.05, 0.1) is 23.1 Å². The Balaban J connectivity index is 2.14. The van der Waals surface area contributed by atoms with Crippen LogP contribution in [0.4, 0.5) is 18.9 Å². The number of alkyl halides is 3. The number of hydrogen-bond acceptors (Lipinski definition) is 5. The Kier molecular flexibility index (Phi) is 3.70. The third-order valence-electron chi connectivity index (χ3n) is 3.51. The summed E-state index contributed by atoms with van der Waals surface area (Å²) in [6.07, 6.45) is -5.05. The number of fused-ring (bicyclic) bond motifs is 1. The van der Waals surface area contributed by atoms with E-state index in [1.165, 1.54) is 30.5 Å². The van der Waals surface area contributed by atoms with E-state index in [4.69, 9.17) is 0 Å². The second kappa shape index (κ2) is 5.61. The molecule has 3 aromatic rings. The predicted molar refractivity (Wildman–Crippen MR) is 79.3 cm³/mol. The number of aromatic amines is 1. The monoisotopic (exact) mass is 354 g/mol. The van der Waals surface area contributed by atoms with Crippen molar-refractivity contribution < 1.29 is 23.2 Å². The van der Waals surface area contributed by atoms with Gasteiger partial charge in [0.2, 0.25) is 5.88 Å². The van der Waals surface area contributed by atoms with Gasteiger partial charge >= 0.3 is 6.18 Å². The van der Waals surface area contributed by atoms with Gasteiger partial charge in [0, 0.05) is 17.7 Å². The molecule has 2 aromatic heterocycles. The number of nitrogens with one attached hydrogen (secondary N) is 1. The van der Waals surface area contributed by atoms with Crippen molar-refractivity contribution in [1.82, 2.24) is 14.6 Å². The van der Waals surface area contributed by atoms with Gasteiger partial charge in [-0.25, -0.2) is 0 Å². The summed E-state index contributed by atoms with van der Waals surface area (Å²) in [5.74, 6) is -0.913. The molecule has 0 spiro atoms. The first-order chi connectivity index (χ1) is 11.7. The fourth-order valence-electron chi connectivity index (χ4n) is 2.38. The lowest BCUT2D eigenvalue weighted by Crippen LogP contribution is -2.22. The van der Waals surface area contributed by atoms with Crippen LogP contribution in [0.2, 0.25) is 0 Å². The summed E-state index contributed by atoms with van der Waals surface area (Å²) in [5, 5.41) is 24.4. The first-order valence-corrected chi connectivity index (χ1v) is 6.81. The third kappa shape index (κ3) is 3.03. The van der Waals surface area contributed by atoms with E-state index in [1.807, 2.05) is 0 Å². The Morgan fingerprint density at radius 2 is 1.92 bits per heavy atom. The summed E-state index contributed by atoms with van der Waals surface area (Å²) in [6, 6.07) is 5.26. The van der Waals surface area contributed by atoms with Gasteiger partial charge in [0.1, 0.15) is 5.65 Å². The maximum atomic E-state index is 12.5. The first-order valence-electron chi connectivity index (χ1n) is 6.81. The number of rotatable bonds is 3. The second-order valence-electron chi connectivity index (χ2n) is 5.17. The van der Waals surface area contributed by atoms with E-state index >= 15 is 0 Å². The van der Waals surface area contributed by atoms with Crippen LogP contribution in [-0.4, -0.2) is 30.8 Å². The summed E-state index contributed by atoms with van der Waals surface area (Å²) in [5.41, 5.74) is -1.39. The van der Waals surface area contributed by atoms with E-state index in [0.29, 0.717) is 11.1 Å². The van der Waals surface area contributed by atoms with Gasteiger partial charge in [-0.05, 0) is 17.7 Å². The summed E-state index contributed by atoms with van der Waals surface area (Å²) >= 11 is 0. The number of nitro benzene ring substituents is 1. The molecule has 8 nitrogen and oxygen atoms in total. The first kappa shape index (κ1) is 16.5. The van der Waals surface area contributed by atoms with Crippen LogP contribution in [0.15, 0.2) is 35.3 Å². The molecule has 0 saturated carbocycles. The zero-order valence-corrected chi connectivity index (χ0v) is 12.2. The molecule has 0 aliphatic carbocycles. The zero-order valence-electron chi connectivity index (χ0n) is 12.2. The van der Waals surface area contributed by atoms with E-state index in [2.05, 4.69) is 10.1 Å². The Morgan fingerprint density at radius 3 is 2.48 bits per heavy atom. The number of halogens is 3. The van der Waals surface area contributed by atoms with Crippen molar-refractivity contribution in [2.45, 2.75) is 12.6 Å². The van der Waals surface area contributed by atoms with Crippen molar-refractivity contribution in [1.29, 1.82) is 0 Å². The Labute approximate surface area is 136 Å². The molecule has 1 aromatic carbocycles. The van der Waals surface area contributed by atoms with Crippen molar-refractivity contribution >= 4 is 11.3 Å². The maximum Gasteiger partial charge on any atom is 0.393 e. The lowest BCUT2D eigenvalue weighted by atomic mass is 10.1. The molecule has 0 amide bonds. The standard InChI is InChI=1S/C14H9F3N4O4/c15-14(16,17)5-9-12(22)19-11-10(6-18-20(11)13(9)23)7-1-3-8(4-2-7)21(24)25/h1-4,6,23H,5H2,(H,19,22). The highest BCUT2D eigenvalue weighted by atomic mass is 19.4. The summed E-state index contributed by atoms with van der Waals surface area (Å²) < 4.78 is 38.4. The van der Waals surface area contributed by atoms with Gasteiger partial charge in [-0.3, -0.25) is 14.9 Å². The van der Waals surface area contributed by atoms with Crippen molar-refractivity contribution in [2.24, 2.45) is 0 Å². The van der Waals surface area contributed by atoms with Crippen molar-refractivity contribution in [3.8, 4) is 17.0 Å². The SMILES string of the molecule is O=c1[nH]c2c(-c3ccc([N+](=O)[O-])cc3)cnn2c(O)c1CC(F)(F)F. The summed E-state index contributed by atoms with van der Waals surface area (Å²) in [7, 11) is 0. The van der Waals surface area contributed by atoms with Gasteiger partial charge in [-0.2, -0.15) is 22.8 Å². The largest absolute Gasteiger partial charge is 0.493 e. The van der Waals surface area contributed by atoms with Crippen LogP contribution in [0.3, 0.4) is 0 Å². The second-order valence-corrected chi connectivity index (χ2v) is 5.17. The maximum absolute atomic E-state index is 12.5. The van der Waals surface area contributed by atoms with Gasteiger partial charge < -0.3 is 10.1 Å². The number of aromatic nitrogens is 3. The Bertz CT molecular complexity index is 1020. The van der Waals surface area contributed by atoms with E-state index in [9.17, 15) is 33.2 Å². The zero-order chi connectivity index (χ0) is 18.4. The molecule has 130 valence electrons. The minimum absolute atomic E-state index is 0.0257. The average molecular weight is 354 g/mol. The van der Waals surface area contributed by atoms with E-state index in [0.717, 1.165) is 4.52 Å². The lowest BCUT2D eigenvalue weighted by Gasteiger charge is -2.08. The normalized spacial score (nSPS) is 11.8. The van der Waals surface area contributed by atoms with Crippen molar-refractivity contribution in [3.05, 3.63) is 56.5 Å². The fourth-order valence-corrected chi connectivity index (χ4v) is 2.38. The number of nitro groups is 1. The minimum Gasteiger partial charge on any atom is -0.493 e. The molecular weight excluding hydrogens is 345 g/mol. The smallest absolute Gasteiger partial charge is 0.393 e. The number of non-ortho nitro benzene ring substituents is 1. The molecule has 0 atom stereocenters. The number of nitrogens with zero attached hydrogens (tertiary/aromatic N) is 3. The van der Waals surface area contributed by atoms with Gasteiger partial charge in [-0.1, -0.05) is 0 Å². The van der Waals surface area contributed by atoms with Gasteiger partial charge in [0.15, 0.2) is 0 Å². The molecule has 0 saturated heterocycles. The number of H-pyrrole nitrogens is 1. The third-order valence-corrected chi connectivity index (χ3v) is 3.51. The molecule has 0 bridgehead atoms. The van der Waals surface area contributed by atoms with Crippen molar-refractivity contribution in [2.75, 3.05) is 0 Å². The molecular formula is C14H9F3N4O4. The highest BCUT2D eigenvalue weighted by Gasteiger charge is 2.32. The van der Waals surface area contributed by atoms with Gasteiger partial charge in [-0.15, -0.1) is 0 Å². The van der Waals surface area contributed by atoms with E-state index in [-0.39, 0.29) is 11.3 Å². The van der Waals surface area contributed by atoms with E-state index < -0.39 is 34.5 Å². The summed E-state index contributed by atoms with van der Waals surface area (Å²) in [6.45, 7) is 0. The lowest BCUT2D eigenvalue weighted by molar-refractivity contribution is -0.384. The van der Waals surface area contributed by atoms with Crippen molar-refractivity contribution in [3.63, 3.8) is 0 Å². The van der Waals surface area contributed by atoms with Crippen LogP contribution < -0.4 is 5.56 Å². The molecule has 0 aliphatic heterocycles. The Morgan fingerprint density at radius 1 is 1.28 bits per heavy atom. The van der Waals surface area contributed by atoms with Crippen LogP contribution in [0.1, 0.15) is 5.56 Å². The minimum atomic E-state index is -4.67. The molecule has 0 radical (unpaired) electrons.